The van der Waals surface area contributed by atoms with Crippen molar-refractivity contribution >= 4 is 17.6 Å². The Hall–Kier alpha value is -1.53. The van der Waals surface area contributed by atoms with E-state index in [0.717, 1.165) is 5.56 Å². The molecule has 88 valence electrons. The zero-order chi connectivity index (χ0) is 12.6. The summed E-state index contributed by atoms with van der Waals surface area (Å²) in [6.45, 7) is 1.90. The number of hydrogen-bond acceptors (Lipinski definition) is 2. The first-order valence-corrected chi connectivity index (χ1v) is 5.88. The van der Waals surface area contributed by atoms with Gasteiger partial charge in [-0.3, -0.25) is 4.79 Å². The van der Waals surface area contributed by atoms with Gasteiger partial charge in [0.15, 0.2) is 0 Å². The molecule has 4 heteroatoms. The molecule has 1 aliphatic rings. The summed E-state index contributed by atoms with van der Waals surface area (Å²) in [7, 11) is 0. The molecule has 0 aliphatic heterocycles. The van der Waals surface area contributed by atoms with Gasteiger partial charge in [0.05, 0.1) is 17.6 Å². The molecule has 0 aromatic heterocycles. The van der Waals surface area contributed by atoms with Crippen molar-refractivity contribution in [2.45, 2.75) is 12.3 Å². The van der Waals surface area contributed by atoms with E-state index in [0.29, 0.717) is 11.4 Å². The van der Waals surface area contributed by atoms with Gasteiger partial charge in [-0.2, -0.15) is 5.26 Å². The fourth-order valence-corrected chi connectivity index (χ4v) is 3.10. The summed E-state index contributed by atoms with van der Waals surface area (Å²) >= 11 is 5.82. The minimum Gasteiger partial charge on any atom is -0.481 e. The van der Waals surface area contributed by atoms with Crippen molar-refractivity contribution in [3.05, 3.63) is 35.4 Å². The molecule has 0 heterocycles. The van der Waals surface area contributed by atoms with Crippen LogP contribution in [0.5, 0.6) is 0 Å². The Kier molecular flexibility index (Phi) is 2.84. The van der Waals surface area contributed by atoms with E-state index in [9.17, 15) is 4.79 Å². The summed E-state index contributed by atoms with van der Waals surface area (Å²) in [6.07, 6.45) is 0. The minimum absolute atomic E-state index is 0.0596. The Morgan fingerprint density at radius 1 is 1.65 bits per heavy atom. The molecule has 0 amide bonds. The molecule has 0 spiro atoms. The van der Waals surface area contributed by atoms with Gasteiger partial charge in [-0.25, -0.2) is 0 Å². The lowest BCUT2D eigenvalue weighted by molar-refractivity contribution is -0.139. The lowest BCUT2D eigenvalue weighted by Gasteiger charge is -2.11. The van der Waals surface area contributed by atoms with Crippen LogP contribution in [0.1, 0.15) is 18.1 Å². The van der Waals surface area contributed by atoms with E-state index < -0.39 is 17.3 Å². The first-order chi connectivity index (χ1) is 8.05. The predicted molar refractivity (Wildman–Crippen MR) is 63.8 cm³/mol. The number of rotatable bonds is 3. The van der Waals surface area contributed by atoms with E-state index in [1.807, 2.05) is 13.0 Å². The highest BCUT2D eigenvalue weighted by atomic mass is 35.5. The quantitative estimate of drug-likeness (QED) is 0.837. The summed E-state index contributed by atoms with van der Waals surface area (Å²) in [5, 5.41) is 18.0. The molecule has 3 nitrogen and oxygen atoms in total. The zero-order valence-corrected chi connectivity index (χ0v) is 10.1. The van der Waals surface area contributed by atoms with Crippen molar-refractivity contribution in [2.24, 2.45) is 11.8 Å². The molecule has 0 saturated heterocycles. The fraction of sp³-hybridized carbons (Fsp3) is 0.385. The second kappa shape index (κ2) is 4.05. The maximum atomic E-state index is 11.2. The average Bonchev–Trinajstić information content (AvgIpc) is 2.96. The van der Waals surface area contributed by atoms with Crippen molar-refractivity contribution in [3.63, 3.8) is 0 Å². The van der Waals surface area contributed by atoms with Crippen molar-refractivity contribution in [1.82, 2.24) is 0 Å². The number of alkyl halides is 1. The monoisotopic (exact) mass is 249 g/mol. The van der Waals surface area contributed by atoms with Crippen LogP contribution in [-0.4, -0.2) is 17.0 Å². The Balaban J connectivity index is 2.40. The molecule has 17 heavy (non-hydrogen) atoms. The first kappa shape index (κ1) is 11.9. The largest absolute Gasteiger partial charge is 0.481 e. The third-order valence-corrected chi connectivity index (χ3v) is 4.09. The number of halogens is 1. The van der Waals surface area contributed by atoms with Crippen LogP contribution in [0.15, 0.2) is 24.3 Å². The molecule has 3 unspecified atom stereocenters. The maximum absolute atomic E-state index is 11.2. The van der Waals surface area contributed by atoms with Crippen molar-refractivity contribution in [3.8, 4) is 6.07 Å². The van der Waals surface area contributed by atoms with E-state index in [1.165, 1.54) is 0 Å². The van der Waals surface area contributed by atoms with Crippen molar-refractivity contribution in [2.75, 3.05) is 5.88 Å². The normalized spacial score (nSPS) is 30.6. The Labute approximate surface area is 105 Å². The number of hydrogen-bond donors (Lipinski definition) is 1. The second-order valence-corrected chi connectivity index (χ2v) is 4.86. The number of carbonyl (C=O) groups is 1. The third-order valence-electron chi connectivity index (χ3n) is 3.76. The van der Waals surface area contributed by atoms with Crippen molar-refractivity contribution < 1.29 is 9.90 Å². The van der Waals surface area contributed by atoms with Gasteiger partial charge in [0.25, 0.3) is 0 Å². The SMILES string of the molecule is CC1(c2cccc(C#N)c2)C(CCl)C1C(=O)O. The number of nitriles is 1. The molecule has 1 fully saturated rings. The number of carboxylic acid groups (broad SMARTS) is 1. The molecule has 1 N–H and O–H groups in total. The molecule has 0 bridgehead atoms. The van der Waals surface area contributed by atoms with Gasteiger partial charge in [0.2, 0.25) is 0 Å². The van der Waals surface area contributed by atoms with Crippen molar-refractivity contribution in [1.29, 1.82) is 5.26 Å². The van der Waals surface area contributed by atoms with Gasteiger partial charge in [-0.1, -0.05) is 19.1 Å². The third kappa shape index (κ3) is 1.69. The summed E-state index contributed by atoms with van der Waals surface area (Å²) < 4.78 is 0. The van der Waals surface area contributed by atoms with Gasteiger partial charge in [0, 0.05) is 11.3 Å². The molecular formula is C13H12ClNO2. The Bertz CT molecular complexity index is 508. The average molecular weight is 250 g/mol. The van der Waals surface area contributed by atoms with Gasteiger partial charge >= 0.3 is 5.97 Å². The molecule has 3 atom stereocenters. The number of nitrogens with zero attached hydrogens (tertiary/aromatic N) is 1. The second-order valence-electron chi connectivity index (χ2n) is 4.55. The molecule has 1 aromatic carbocycles. The van der Waals surface area contributed by atoms with Gasteiger partial charge < -0.3 is 5.11 Å². The summed E-state index contributed by atoms with van der Waals surface area (Å²) in [5.74, 6) is -1.00. The molecule has 1 aliphatic carbocycles. The summed E-state index contributed by atoms with van der Waals surface area (Å²) in [5.41, 5.74) is 0.989. The molecular weight excluding hydrogens is 238 g/mol. The maximum Gasteiger partial charge on any atom is 0.307 e. The highest BCUT2D eigenvalue weighted by Crippen LogP contribution is 2.60. The number of aliphatic carboxylic acids is 1. The highest BCUT2D eigenvalue weighted by molar-refractivity contribution is 6.18. The van der Waals surface area contributed by atoms with Crippen LogP contribution in [0.2, 0.25) is 0 Å². The van der Waals surface area contributed by atoms with Crippen LogP contribution in [0, 0.1) is 23.2 Å². The van der Waals surface area contributed by atoms with Gasteiger partial charge in [0.1, 0.15) is 0 Å². The summed E-state index contributed by atoms with van der Waals surface area (Å²) in [6, 6.07) is 9.17. The Morgan fingerprint density at radius 3 is 2.82 bits per heavy atom. The van der Waals surface area contributed by atoms with Gasteiger partial charge in [-0.05, 0) is 23.6 Å². The molecule has 1 aromatic rings. The van der Waals surface area contributed by atoms with Gasteiger partial charge in [-0.15, -0.1) is 11.6 Å². The molecule has 1 saturated carbocycles. The van der Waals surface area contributed by atoms with Crippen LogP contribution >= 0.6 is 11.6 Å². The zero-order valence-electron chi connectivity index (χ0n) is 9.35. The van der Waals surface area contributed by atoms with E-state index in [-0.39, 0.29) is 5.92 Å². The Morgan fingerprint density at radius 2 is 2.35 bits per heavy atom. The van der Waals surface area contributed by atoms with E-state index in [4.69, 9.17) is 22.0 Å². The van der Waals surface area contributed by atoms with Crippen LogP contribution in [0.4, 0.5) is 0 Å². The number of carboxylic acids is 1. The predicted octanol–water partition coefficient (Wildman–Crippen LogP) is 2.39. The van der Waals surface area contributed by atoms with Crippen LogP contribution in [-0.2, 0) is 10.2 Å². The number of benzene rings is 1. The summed E-state index contributed by atoms with van der Waals surface area (Å²) in [4.78, 5) is 11.2. The van der Waals surface area contributed by atoms with E-state index >= 15 is 0 Å². The lowest BCUT2D eigenvalue weighted by Crippen LogP contribution is -2.11. The van der Waals surface area contributed by atoms with E-state index in [1.54, 1.807) is 18.2 Å². The van der Waals surface area contributed by atoms with Crippen LogP contribution < -0.4 is 0 Å². The lowest BCUT2D eigenvalue weighted by atomic mass is 9.93. The fourth-order valence-electron chi connectivity index (χ4n) is 2.60. The van der Waals surface area contributed by atoms with E-state index in [2.05, 4.69) is 6.07 Å². The minimum atomic E-state index is -0.819. The van der Waals surface area contributed by atoms with Crippen LogP contribution in [0.3, 0.4) is 0 Å². The molecule has 0 radical (unpaired) electrons. The van der Waals surface area contributed by atoms with Crippen LogP contribution in [0.25, 0.3) is 0 Å². The topological polar surface area (TPSA) is 61.1 Å². The first-order valence-electron chi connectivity index (χ1n) is 5.35. The molecule has 2 rings (SSSR count). The standard InChI is InChI=1S/C13H12ClNO2/c1-13(10(6-14)11(13)12(16)17)9-4-2-3-8(5-9)7-15/h2-5,10-11H,6H2,1H3,(H,16,17). The highest BCUT2D eigenvalue weighted by Gasteiger charge is 2.65. The smallest absolute Gasteiger partial charge is 0.307 e.